The van der Waals surface area contributed by atoms with Crippen LogP contribution in [0.4, 0.5) is 11.8 Å². The Morgan fingerprint density at radius 1 is 1.56 bits per heavy atom. The van der Waals surface area contributed by atoms with Crippen molar-refractivity contribution >= 4 is 17.7 Å². The number of carbonyl (C=O) groups excluding carboxylic acids is 1. The summed E-state index contributed by atoms with van der Waals surface area (Å²) in [6, 6.07) is 1.74. The molecule has 7 nitrogen and oxygen atoms in total. The van der Waals surface area contributed by atoms with Crippen LogP contribution in [0.3, 0.4) is 0 Å². The van der Waals surface area contributed by atoms with E-state index in [1.165, 1.54) is 0 Å². The van der Waals surface area contributed by atoms with E-state index in [1.807, 2.05) is 4.57 Å². The second kappa shape index (κ2) is 4.17. The molecular formula is C11H14N6O. The Morgan fingerprint density at radius 2 is 2.44 bits per heavy atom. The lowest BCUT2D eigenvalue weighted by atomic mass is 10.4. The van der Waals surface area contributed by atoms with Crippen molar-refractivity contribution in [2.45, 2.75) is 13.0 Å². The first-order valence-corrected chi connectivity index (χ1v) is 5.84. The average Bonchev–Trinajstić information content (AvgIpc) is 2.96. The van der Waals surface area contributed by atoms with Crippen molar-refractivity contribution in [1.29, 1.82) is 0 Å². The van der Waals surface area contributed by atoms with Gasteiger partial charge in [-0.15, -0.1) is 0 Å². The van der Waals surface area contributed by atoms with E-state index in [0.717, 1.165) is 25.5 Å². The number of hydrogen-bond acceptors (Lipinski definition) is 4. The summed E-state index contributed by atoms with van der Waals surface area (Å²) in [5.41, 5.74) is 0.417. The highest BCUT2D eigenvalue weighted by Gasteiger charge is 2.17. The summed E-state index contributed by atoms with van der Waals surface area (Å²) in [6.45, 7) is 1.80. The first kappa shape index (κ1) is 10.8. The smallest absolute Gasteiger partial charge is 0.277 e. The van der Waals surface area contributed by atoms with Gasteiger partial charge in [0.15, 0.2) is 0 Å². The standard InChI is InChI=1S/C11H14N6O/c1-16-9(3-5-13-16)15-10(18)8-7-17-6-2-4-12-11(17)14-8/h3,5,7H,2,4,6H2,1H3,(H,12,14)(H,15,18). The average molecular weight is 246 g/mol. The molecular weight excluding hydrogens is 232 g/mol. The first-order valence-electron chi connectivity index (χ1n) is 5.84. The lowest BCUT2D eigenvalue weighted by Gasteiger charge is -2.14. The van der Waals surface area contributed by atoms with E-state index in [0.29, 0.717) is 11.5 Å². The summed E-state index contributed by atoms with van der Waals surface area (Å²) < 4.78 is 3.56. The van der Waals surface area contributed by atoms with Crippen LogP contribution in [-0.2, 0) is 13.6 Å². The maximum absolute atomic E-state index is 12.0. The van der Waals surface area contributed by atoms with Crippen LogP contribution in [0.15, 0.2) is 18.5 Å². The molecule has 0 saturated carbocycles. The molecule has 3 heterocycles. The molecule has 2 aromatic heterocycles. The van der Waals surface area contributed by atoms with Crippen LogP contribution in [-0.4, -0.2) is 31.8 Å². The predicted molar refractivity (Wildman–Crippen MR) is 66.5 cm³/mol. The Balaban J connectivity index is 1.80. The first-order chi connectivity index (χ1) is 8.74. The Kier molecular flexibility index (Phi) is 2.51. The van der Waals surface area contributed by atoms with Crippen LogP contribution < -0.4 is 10.6 Å². The molecule has 0 fully saturated rings. The van der Waals surface area contributed by atoms with Crippen LogP contribution in [0.1, 0.15) is 16.9 Å². The summed E-state index contributed by atoms with van der Waals surface area (Å²) in [5, 5.41) is 9.93. The minimum atomic E-state index is -0.220. The number of hydrogen-bond donors (Lipinski definition) is 2. The molecule has 1 amide bonds. The van der Waals surface area contributed by atoms with E-state index in [2.05, 4.69) is 20.7 Å². The molecule has 18 heavy (non-hydrogen) atoms. The van der Waals surface area contributed by atoms with Crippen molar-refractivity contribution in [3.8, 4) is 0 Å². The zero-order valence-corrected chi connectivity index (χ0v) is 10.1. The van der Waals surface area contributed by atoms with Gasteiger partial charge >= 0.3 is 0 Å². The number of anilines is 2. The number of amides is 1. The molecule has 0 atom stereocenters. The van der Waals surface area contributed by atoms with Crippen molar-refractivity contribution in [3.05, 3.63) is 24.2 Å². The number of aryl methyl sites for hydroxylation is 2. The zero-order chi connectivity index (χ0) is 12.5. The lowest BCUT2D eigenvalue weighted by molar-refractivity contribution is 0.102. The molecule has 0 spiro atoms. The van der Waals surface area contributed by atoms with Crippen LogP contribution in [0, 0.1) is 0 Å². The van der Waals surface area contributed by atoms with Gasteiger partial charge in [0.2, 0.25) is 5.95 Å². The molecule has 94 valence electrons. The molecule has 3 rings (SSSR count). The number of aromatic nitrogens is 4. The molecule has 2 N–H and O–H groups in total. The Bertz CT molecular complexity index is 561. The summed E-state index contributed by atoms with van der Waals surface area (Å²) in [6.07, 6.45) is 4.45. The van der Waals surface area contributed by atoms with Gasteiger partial charge in [-0.2, -0.15) is 5.10 Å². The third-order valence-electron chi connectivity index (χ3n) is 2.93. The van der Waals surface area contributed by atoms with Crippen LogP contribution in [0.5, 0.6) is 0 Å². The maximum atomic E-state index is 12.0. The minimum absolute atomic E-state index is 0.220. The van der Waals surface area contributed by atoms with Gasteiger partial charge in [0.05, 0.1) is 6.20 Å². The van der Waals surface area contributed by atoms with Crippen molar-refractivity contribution in [3.63, 3.8) is 0 Å². The second-order valence-corrected chi connectivity index (χ2v) is 4.22. The van der Waals surface area contributed by atoms with Crippen LogP contribution >= 0.6 is 0 Å². The highest BCUT2D eigenvalue weighted by atomic mass is 16.2. The summed E-state index contributed by atoms with van der Waals surface area (Å²) in [5.74, 6) is 1.19. The van der Waals surface area contributed by atoms with Gasteiger partial charge in [-0.1, -0.05) is 0 Å². The van der Waals surface area contributed by atoms with Gasteiger partial charge in [0.25, 0.3) is 5.91 Å². The predicted octanol–water partition coefficient (Wildman–Crippen LogP) is 0.684. The summed E-state index contributed by atoms with van der Waals surface area (Å²) in [4.78, 5) is 16.3. The number of imidazole rings is 1. The van der Waals surface area contributed by atoms with E-state index in [1.54, 1.807) is 30.2 Å². The quantitative estimate of drug-likeness (QED) is 0.817. The van der Waals surface area contributed by atoms with E-state index >= 15 is 0 Å². The number of nitrogens with zero attached hydrogens (tertiary/aromatic N) is 4. The van der Waals surface area contributed by atoms with E-state index < -0.39 is 0 Å². The number of fused-ring (bicyclic) bond motifs is 1. The van der Waals surface area contributed by atoms with Crippen molar-refractivity contribution in [2.24, 2.45) is 7.05 Å². The fourth-order valence-electron chi connectivity index (χ4n) is 1.96. The largest absolute Gasteiger partial charge is 0.356 e. The number of carbonyl (C=O) groups is 1. The minimum Gasteiger partial charge on any atom is -0.356 e. The summed E-state index contributed by atoms with van der Waals surface area (Å²) >= 11 is 0. The zero-order valence-electron chi connectivity index (χ0n) is 10.1. The fourth-order valence-corrected chi connectivity index (χ4v) is 1.96. The lowest BCUT2D eigenvalue weighted by Crippen LogP contribution is -2.16. The molecule has 0 radical (unpaired) electrons. The number of rotatable bonds is 2. The Morgan fingerprint density at radius 3 is 3.17 bits per heavy atom. The molecule has 0 saturated heterocycles. The molecule has 1 aliphatic heterocycles. The maximum Gasteiger partial charge on any atom is 0.277 e. The molecule has 7 heteroatoms. The number of nitrogens with one attached hydrogen (secondary N) is 2. The molecule has 0 bridgehead atoms. The topological polar surface area (TPSA) is 76.8 Å². The monoisotopic (exact) mass is 246 g/mol. The highest BCUT2D eigenvalue weighted by molar-refractivity contribution is 6.02. The van der Waals surface area contributed by atoms with Gasteiger partial charge in [0.1, 0.15) is 11.5 Å². The van der Waals surface area contributed by atoms with Gasteiger partial charge in [-0.25, -0.2) is 4.98 Å². The molecule has 0 aliphatic carbocycles. The Labute approximate surface area is 104 Å². The SMILES string of the molecule is Cn1nccc1NC(=O)c1cn2c(n1)NCCC2. The van der Waals surface area contributed by atoms with Crippen molar-refractivity contribution in [1.82, 2.24) is 19.3 Å². The van der Waals surface area contributed by atoms with E-state index in [4.69, 9.17) is 0 Å². The van der Waals surface area contributed by atoms with Gasteiger partial charge in [-0.05, 0) is 6.42 Å². The third-order valence-corrected chi connectivity index (χ3v) is 2.93. The van der Waals surface area contributed by atoms with E-state index in [9.17, 15) is 4.79 Å². The molecule has 1 aliphatic rings. The van der Waals surface area contributed by atoms with Crippen molar-refractivity contribution in [2.75, 3.05) is 17.2 Å². The fraction of sp³-hybridized carbons (Fsp3) is 0.364. The third kappa shape index (κ3) is 1.83. The normalized spacial score (nSPS) is 13.8. The molecule has 0 unspecified atom stereocenters. The Hall–Kier alpha value is -2.31. The van der Waals surface area contributed by atoms with E-state index in [-0.39, 0.29) is 5.91 Å². The highest BCUT2D eigenvalue weighted by Crippen LogP contribution is 2.15. The van der Waals surface area contributed by atoms with Gasteiger partial charge in [0, 0.05) is 32.4 Å². The molecule has 2 aromatic rings. The van der Waals surface area contributed by atoms with Crippen LogP contribution in [0.2, 0.25) is 0 Å². The summed E-state index contributed by atoms with van der Waals surface area (Å²) in [7, 11) is 1.77. The van der Waals surface area contributed by atoms with Gasteiger partial charge < -0.3 is 15.2 Å². The van der Waals surface area contributed by atoms with Crippen molar-refractivity contribution < 1.29 is 4.79 Å². The second-order valence-electron chi connectivity index (χ2n) is 4.22. The van der Waals surface area contributed by atoms with Crippen LogP contribution in [0.25, 0.3) is 0 Å². The molecule has 0 aromatic carbocycles. The van der Waals surface area contributed by atoms with Gasteiger partial charge in [-0.3, -0.25) is 9.48 Å².